The van der Waals surface area contributed by atoms with Crippen molar-refractivity contribution in [2.24, 2.45) is 7.05 Å². The molecular formula is C17H17ClFN3O2. The van der Waals surface area contributed by atoms with Crippen LogP contribution in [-0.2, 0) is 7.05 Å². The number of Topliss-reactive ketones (excluding diaryl/α,β-unsaturated/α-hetero) is 1. The quantitative estimate of drug-likeness (QED) is 0.797. The maximum atomic E-state index is 14.0. The number of rotatable bonds is 4. The van der Waals surface area contributed by atoms with Gasteiger partial charge < -0.3 is 4.90 Å². The van der Waals surface area contributed by atoms with Crippen LogP contribution in [0.4, 0.5) is 4.39 Å². The lowest BCUT2D eigenvalue weighted by molar-refractivity contribution is 0.0713. The highest BCUT2D eigenvalue weighted by Gasteiger charge is 2.32. The number of hydrogen-bond donors (Lipinski definition) is 0. The summed E-state index contributed by atoms with van der Waals surface area (Å²) in [5.41, 5.74) is 0.509. The maximum absolute atomic E-state index is 14.0. The summed E-state index contributed by atoms with van der Waals surface area (Å²) in [7, 11) is 1.74. The van der Waals surface area contributed by atoms with Gasteiger partial charge in [0.1, 0.15) is 5.82 Å². The van der Waals surface area contributed by atoms with Gasteiger partial charge in [0.05, 0.1) is 17.3 Å². The van der Waals surface area contributed by atoms with Crippen molar-refractivity contribution >= 4 is 23.3 Å². The van der Waals surface area contributed by atoms with Crippen LogP contribution in [0.25, 0.3) is 0 Å². The van der Waals surface area contributed by atoms with Crippen molar-refractivity contribution in [2.45, 2.75) is 25.3 Å². The summed E-state index contributed by atoms with van der Waals surface area (Å²) in [6, 6.07) is 3.78. The van der Waals surface area contributed by atoms with Gasteiger partial charge in [0.2, 0.25) is 0 Å². The molecule has 0 aliphatic carbocycles. The van der Waals surface area contributed by atoms with Gasteiger partial charge in [0, 0.05) is 37.3 Å². The number of carbonyl (C=O) groups is 2. The second-order valence-corrected chi connectivity index (χ2v) is 6.39. The molecule has 7 heteroatoms. The van der Waals surface area contributed by atoms with Crippen LogP contribution in [-0.4, -0.2) is 39.0 Å². The summed E-state index contributed by atoms with van der Waals surface area (Å²) >= 11 is 5.73. The molecule has 3 rings (SSSR count). The lowest BCUT2D eigenvalue weighted by atomic mass is 10.0. The van der Waals surface area contributed by atoms with E-state index in [1.165, 1.54) is 18.3 Å². The van der Waals surface area contributed by atoms with Crippen LogP contribution < -0.4 is 0 Å². The molecule has 1 aliphatic heterocycles. The fraction of sp³-hybridized carbons (Fsp3) is 0.353. The molecule has 1 fully saturated rings. The van der Waals surface area contributed by atoms with Crippen molar-refractivity contribution < 1.29 is 14.0 Å². The third-order valence-electron chi connectivity index (χ3n) is 4.25. The predicted octanol–water partition coefficient (Wildman–Crippen LogP) is 3.09. The van der Waals surface area contributed by atoms with Crippen LogP contribution in [0.5, 0.6) is 0 Å². The molecule has 126 valence electrons. The summed E-state index contributed by atoms with van der Waals surface area (Å²) in [5.74, 6) is -1.10. The molecule has 1 aromatic heterocycles. The molecule has 5 nitrogen and oxygen atoms in total. The van der Waals surface area contributed by atoms with E-state index in [0.717, 1.165) is 18.9 Å². The standard InChI is InChI=1S/C17H17ClFN3O2/c1-21-10-11(9-20-21)16(23)8-13-3-2-6-22(13)17(24)14-5-4-12(18)7-15(14)19/h4-5,7,9-10,13H,2-3,6,8H2,1H3/t13-/m1/s1. The van der Waals surface area contributed by atoms with Gasteiger partial charge in [-0.05, 0) is 31.0 Å². The van der Waals surface area contributed by atoms with Crippen molar-refractivity contribution in [1.29, 1.82) is 0 Å². The van der Waals surface area contributed by atoms with E-state index in [9.17, 15) is 14.0 Å². The highest BCUT2D eigenvalue weighted by atomic mass is 35.5. The highest BCUT2D eigenvalue weighted by Crippen LogP contribution is 2.25. The number of likely N-dealkylation sites (tertiary alicyclic amines) is 1. The van der Waals surface area contributed by atoms with Gasteiger partial charge in [-0.1, -0.05) is 11.6 Å². The molecule has 1 atom stereocenters. The monoisotopic (exact) mass is 349 g/mol. The molecule has 2 heterocycles. The molecule has 2 aromatic rings. The van der Waals surface area contributed by atoms with E-state index in [0.29, 0.717) is 12.1 Å². The van der Waals surface area contributed by atoms with E-state index >= 15 is 0 Å². The number of aryl methyl sites for hydroxylation is 1. The number of nitrogens with zero attached hydrogens (tertiary/aromatic N) is 3. The van der Waals surface area contributed by atoms with Gasteiger partial charge in [-0.25, -0.2) is 4.39 Å². The summed E-state index contributed by atoms with van der Waals surface area (Å²) in [6.45, 7) is 0.520. The molecule has 24 heavy (non-hydrogen) atoms. The largest absolute Gasteiger partial charge is 0.335 e. The minimum atomic E-state index is -0.642. The number of benzene rings is 1. The SMILES string of the molecule is Cn1cc(C(=O)C[C@H]2CCCN2C(=O)c2ccc(Cl)cc2F)cn1. The zero-order chi connectivity index (χ0) is 17.3. The first-order valence-corrected chi connectivity index (χ1v) is 8.11. The van der Waals surface area contributed by atoms with E-state index in [4.69, 9.17) is 11.6 Å². The molecule has 1 saturated heterocycles. The smallest absolute Gasteiger partial charge is 0.257 e. The third kappa shape index (κ3) is 3.33. The highest BCUT2D eigenvalue weighted by molar-refractivity contribution is 6.30. The molecule has 1 aromatic carbocycles. The Morgan fingerprint density at radius 1 is 1.42 bits per heavy atom. The molecule has 1 aliphatic rings. The van der Waals surface area contributed by atoms with Gasteiger partial charge >= 0.3 is 0 Å². The molecule has 1 amide bonds. The minimum absolute atomic E-state index is 0.0138. The Labute approximate surface area is 144 Å². The van der Waals surface area contributed by atoms with Gasteiger partial charge in [0.15, 0.2) is 5.78 Å². The molecule has 0 bridgehead atoms. The van der Waals surface area contributed by atoms with Crippen molar-refractivity contribution in [1.82, 2.24) is 14.7 Å². The van der Waals surface area contributed by atoms with Gasteiger partial charge in [0.25, 0.3) is 5.91 Å². The third-order valence-corrected chi connectivity index (χ3v) is 4.48. The first-order chi connectivity index (χ1) is 11.5. The molecule has 0 radical (unpaired) electrons. The fourth-order valence-electron chi connectivity index (χ4n) is 3.03. The zero-order valence-corrected chi connectivity index (χ0v) is 14.0. The minimum Gasteiger partial charge on any atom is -0.335 e. The molecule has 0 spiro atoms. The van der Waals surface area contributed by atoms with E-state index in [1.807, 2.05) is 0 Å². The second kappa shape index (κ2) is 6.73. The predicted molar refractivity (Wildman–Crippen MR) is 87.6 cm³/mol. The number of hydrogen-bond acceptors (Lipinski definition) is 3. The molecular weight excluding hydrogens is 333 g/mol. The topological polar surface area (TPSA) is 55.2 Å². The zero-order valence-electron chi connectivity index (χ0n) is 13.2. The first-order valence-electron chi connectivity index (χ1n) is 7.73. The van der Waals surface area contributed by atoms with Crippen LogP contribution in [0.15, 0.2) is 30.6 Å². The van der Waals surface area contributed by atoms with Crippen molar-refractivity contribution in [2.75, 3.05) is 6.54 Å². The van der Waals surface area contributed by atoms with Crippen LogP contribution >= 0.6 is 11.6 Å². The van der Waals surface area contributed by atoms with E-state index < -0.39 is 11.7 Å². The maximum Gasteiger partial charge on any atom is 0.257 e. The van der Waals surface area contributed by atoms with Crippen LogP contribution in [0.3, 0.4) is 0 Å². The number of ketones is 1. The summed E-state index contributed by atoms with van der Waals surface area (Å²) in [4.78, 5) is 26.6. The van der Waals surface area contributed by atoms with Crippen LogP contribution in [0, 0.1) is 5.82 Å². The Bertz CT molecular complexity index is 790. The number of halogens is 2. The Morgan fingerprint density at radius 3 is 2.88 bits per heavy atom. The Morgan fingerprint density at radius 2 is 2.21 bits per heavy atom. The Kier molecular flexibility index (Phi) is 4.66. The average molecular weight is 350 g/mol. The lowest BCUT2D eigenvalue weighted by Crippen LogP contribution is -2.37. The second-order valence-electron chi connectivity index (χ2n) is 5.95. The van der Waals surface area contributed by atoms with E-state index in [2.05, 4.69) is 5.10 Å². The van der Waals surface area contributed by atoms with Crippen LogP contribution in [0.2, 0.25) is 5.02 Å². The summed E-state index contributed by atoms with van der Waals surface area (Å²) in [6.07, 6.45) is 4.91. The molecule has 0 unspecified atom stereocenters. The lowest BCUT2D eigenvalue weighted by Gasteiger charge is -2.24. The fourth-order valence-corrected chi connectivity index (χ4v) is 3.19. The average Bonchev–Trinajstić information content (AvgIpc) is 3.15. The molecule has 0 saturated carbocycles. The van der Waals surface area contributed by atoms with Crippen LogP contribution in [0.1, 0.15) is 40.0 Å². The number of carbonyl (C=O) groups excluding carboxylic acids is 2. The normalized spacial score (nSPS) is 17.3. The van der Waals surface area contributed by atoms with Crippen molar-refractivity contribution in [3.05, 3.63) is 52.6 Å². The Balaban J connectivity index is 1.75. The first kappa shape index (κ1) is 16.6. The number of amides is 1. The Hall–Kier alpha value is -2.21. The van der Waals surface area contributed by atoms with Gasteiger partial charge in [-0.3, -0.25) is 14.3 Å². The van der Waals surface area contributed by atoms with Gasteiger partial charge in [-0.2, -0.15) is 5.10 Å². The van der Waals surface area contributed by atoms with E-state index in [-0.39, 0.29) is 28.8 Å². The number of aromatic nitrogens is 2. The van der Waals surface area contributed by atoms with Crippen molar-refractivity contribution in [3.8, 4) is 0 Å². The summed E-state index contributed by atoms with van der Waals surface area (Å²) in [5, 5.41) is 4.23. The molecule has 0 N–H and O–H groups in total. The van der Waals surface area contributed by atoms with E-state index in [1.54, 1.807) is 22.8 Å². The summed E-state index contributed by atoms with van der Waals surface area (Å²) < 4.78 is 15.6. The van der Waals surface area contributed by atoms with Crippen molar-refractivity contribution in [3.63, 3.8) is 0 Å². The van der Waals surface area contributed by atoms with Gasteiger partial charge in [-0.15, -0.1) is 0 Å².